The number of esters is 1. The minimum Gasteiger partial charge on any atom is -0.467 e. The minimum atomic E-state index is -3.04. The van der Waals surface area contributed by atoms with Gasteiger partial charge in [0.25, 0.3) is 11.0 Å². The van der Waals surface area contributed by atoms with Gasteiger partial charge >= 0.3 is 5.97 Å². The van der Waals surface area contributed by atoms with Crippen LogP contribution in [0.3, 0.4) is 0 Å². The highest BCUT2D eigenvalue weighted by Crippen LogP contribution is 2.24. The number of ether oxygens (including phenoxy) is 1. The Balaban J connectivity index is 2.81. The number of hydrogen-bond acceptors (Lipinski definition) is 6. The van der Waals surface area contributed by atoms with Crippen LogP contribution < -0.4 is 5.32 Å². The van der Waals surface area contributed by atoms with Crippen molar-refractivity contribution < 1.29 is 22.1 Å². The molecular weight excluding hydrogens is 210 g/mol. The summed E-state index contributed by atoms with van der Waals surface area (Å²) in [5.74, 6) is -0.627. The van der Waals surface area contributed by atoms with Crippen LogP contribution in [0.25, 0.3) is 0 Å². The fourth-order valence-corrected chi connectivity index (χ4v) is 2.03. The van der Waals surface area contributed by atoms with Crippen LogP contribution in [0.15, 0.2) is 0 Å². The van der Waals surface area contributed by atoms with Gasteiger partial charge in [-0.1, -0.05) is 0 Å². The fourth-order valence-electron chi connectivity index (χ4n) is 1.49. The number of rotatable bonds is 3. The molecule has 82 valence electrons. The number of methoxy groups -OCH3 is 1. The zero-order valence-corrected chi connectivity index (χ0v) is 8.71. The summed E-state index contributed by atoms with van der Waals surface area (Å²) in [6.07, 6.45) is 0.617. The molecule has 0 aromatic carbocycles. The molecule has 14 heavy (non-hydrogen) atoms. The van der Waals surface area contributed by atoms with Crippen LogP contribution in [-0.2, 0) is 24.7 Å². The molecule has 1 fully saturated rings. The summed E-state index contributed by atoms with van der Waals surface area (Å²) in [5, 5.41) is 3.01. The SMILES string of the molecule is COC(=O)C1(O[SH](=O)=O)CCNCC1. The molecule has 6 nitrogen and oxygen atoms in total. The maximum Gasteiger partial charge on any atom is 0.339 e. The quantitative estimate of drug-likeness (QED) is 0.463. The van der Waals surface area contributed by atoms with Crippen molar-refractivity contribution in [2.24, 2.45) is 0 Å². The van der Waals surface area contributed by atoms with E-state index >= 15 is 0 Å². The third-order valence-corrected chi connectivity index (χ3v) is 2.72. The van der Waals surface area contributed by atoms with E-state index in [-0.39, 0.29) is 0 Å². The highest BCUT2D eigenvalue weighted by molar-refractivity contribution is 7.67. The molecule has 1 N–H and O–H groups in total. The monoisotopic (exact) mass is 223 g/mol. The second kappa shape index (κ2) is 4.72. The average Bonchev–Trinajstić information content (AvgIpc) is 2.17. The lowest BCUT2D eigenvalue weighted by Gasteiger charge is -2.31. The summed E-state index contributed by atoms with van der Waals surface area (Å²) in [6.45, 7) is 1.08. The van der Waals surface area contributed by atoms with E-state index < -0.39 is 22.6 Å². The molecule has 0 bridgehead atoms. The van der Waals surface area contributed by atoms with E-state index in [1.165, 1.54) is 7.11 Å². The number of hydrogen-bond donors (Lipinski definition) is 2. The summed E-state index contributed by atoms with van der Waals surface area (Å²) in [7, 11) is -1.82. The first-order valence-corrected chi connectivity index (χ1v) is 5.33. The Morgan fingerprint density at radius 2 is 1.93 bits per heavy atom. The van der Waals surface area contributed by atoms with Gasteiger partial charge in [0.15, 0.2) is 5.60 Å². The molecule has 0 atom stereocenters. The number of carbonyl (C=O) groups excluding carboxylic acids is 1. The van der Waals surface area contributed by atoms with E-state index in [4.69, 9.17) is 0 Å². The number of piperidine rings is 1. The maximum atomic E-state index is 11.4. The molecule has 0 aliphatic carbocycles. The van der Waals surface area contributed by atoms with Crippen LogP contribution in [0.2, 0.25) is 0 Å². The van der Waals surface area contributed by atoms with Crippen molar-refractivity contribution in [2.45, 2.75) is 18.4 Å². The Hall–Kier alpha value is -0.660. The van der Waals surface area contributed by atoms with Gasteiger partial charge in [0.2, 0.25) is 0 Å². The van der Waals surface area contributed by atoms with Gasteiger partial charge in [0, 0.05) is 12.8 Å². The predicted molar refractivity (Wildman–Crippen MR) is 48.3 cm³/mol. The van der Waals surface area contributed by atoms with Gasteiger partial charge < -0.3 is 10.1 Å². The first-order chi connectivity index (χ1) is 6.60. The van der Waals surface area contributed by atoms with Crippen LogP contribution in [0.5, 0.6) is 0 Å². The second-order valence-electron chi connectivity index (χ2n) is 3.05. The van der Waals surface area contributed by atoms with Gasteiger partial charge in [-0.05, 0) is 13.1 Å². The Morgan fingerprint density at radius 3 is 2.36 bits per heavy atom. The number of carbonyl (C=O) groups is 1. The normalized spacial score (nSPS) is 20.7. The molecule has 1 saturated heterocycles. The van der Waals surface area contributed by atoms with E-state index in [1.807, 2.05) is 0 Å². The maximum absolute atomic E-state index is 11.4. The van der Waals surface area contributed by atoms with Crippen molar-refractivity contribution in [1.29, 1.82) is 0 Å². The van der Waals surface area contributed by atoms with Crippen molar-refractivity contribution in [3.8, 4) is 0 Å². The lowest BCUT2D eigenvalue weighted by molar-refractivity contribution is -0.160. The molecule has 0 spiro atoms. The summed E-state index contributed by atoms with van der Waals surface area (Å²) >= 11 is 0. The molecule has 0 unspecified atom stereocenters. The molecule has 0 aromatic heterocycles. The molecule has 1 rings (SSSR count). The zero-order chi connectivity index (χ0) is 10.6. The summed E-state index contributed by atoms with van der Waals surface area (Å²) < 4.78 is 30.2. The lowest BCUT2D eigenvalue weighted by Crippen LogP contribution is -2.50. The summed E-state index contributed by atoms with van der Waals surface area (Å²) in [6, 6.07) is 0. The summed E-state index contributed by atoms with van der Waals surface area (Å²) in [5.41, 5.74) is -1.31. The molecule has 0 aromatic rings. The predicted octanol–water partition coefficient (Wildman–Crippen LogP) is -1.18. The standard InChI is InChI=1S/C7H13NO5S/c1-12-6(9)7(13-14(10)11)2-4-8-5-3-7/h8,14H,2-5H2,1H3. The molecule has 1 aliphatic rings. The highest BCUT2D eigenvalue weighted by atomic mass is 32.2. The molecule has 0 saturated carbocycles. The van der Waals surface area contributed by atoms with E-state index in [1.54, 1.807) is 0 Å². The number of nitrogens with one attached hydrogen (secondary N) is 1. The van der Waals surface area contributed by atoms with Crippen molar-refractivity contribution in [2.75, 3.05) is 20.2 Å². The third kappa shape index (κ3) is 2.43. The molecule has 1 heterocycles. The topological polar surface area (TPSA) is 81.7 Å². The van der Waals surface area contributed by atoms with Gasteiger partial charge in [-0.15, -0.1) is 0 Å². The molecule has 0 amide bonds. The highest BCUT2D eigenvalue weighted by Gasteiger charge is 2.43. The molecule has 1 aliphatic heterocycles. The third-order valence-electron chi connectivity index (χ3n) is 2.22. The van der Waals surface area contributed by atoms with Crippen LogP contribution in [-0.4, -0.2) is 40.2 Å². The van der Waals surface area contributed by atoms with Crippen LogP contribution in [0.1, 0.15) is 12.8 Å². The Morgan fingerprint density at radius 1 is 1.36 bits per heavy atom. The van der Waals surface area contributed by atoms with E-state index in [0.29, 0.717) is 25.9 Å². The lowest BCUT2D eigenvalue weighted by atomic mass is 9.93. The van der Waals surface area contributed by atoms with Crippen LogP contribution in [0.4, 0.5) is 0 Å². The van der Waals surface area contributed by atoms with Gasteiger partial charge in [0.1, 0.15) is 0 Å². The van der Waals surface area contributed by atoms with Gasteiger partial charge in [0.05, 0.1) is 7.11 Å². The average molecular weight is 223 g/mol. The molecule has 7 heteroatoms. The Kier molecular flexibility index (Phi) is 3.85. The van der Waals surface area contributed by atoms with E-state index in [0.717, 1.165) is 0 Å². The smallest absolute Gasteiger partial charge is 0.339 e. The first kappa shape index (κ1) is 11.4. The largest absolute Gasteiger partial charge is 0.467 e. The second-order valence-corrected chi connectivity index (χ2v) is 3.68. The van der Waals surface area contributed by atoms with E-state index in [9.17, 15) is 13.2 Å². The van der Waals surface area contributed by atoms with E-state index in [2.05, 4.69) is 14.2 Å². The molecule has 0 radical (unpaired) electrons. The zero-order valence-electron chi connectivity index (χ0n) is 7.82. The van der Waals surface area contributed by atoms with Crippen LogP contribution >= 0.6 is 0 Å². The minimum absolute atomic E-state index is 0.309. The Labute approximate surface area is 83.7 Å². The van der Waals surface area contributed by atoms with Crippen molar-refractivity contribution in [3.05, 3.63) is 0 Å². The summed E-state index contributed by atoms with van der Waals surface area (Å²) in [4.78, 5) is 11.4. The van der Waals surface area contributed by atoms with Gasteiger partial charge in [-0.2, -0.15) is 0 Å². The molecular formula is C7H13NO5S. The van der Waals surface area contributed by atoms with Gasteiger partial charge in [-0.25, -0.2) is 13.2 Å². The van der Waals surface area contributed by atoms with Crippen molar-refractivity contribution >= 4 is 17.0 Å². The van der Waals surface area contributed by atoms with Crippen molar-refractivity contribution in [1.82, 2.24) is 5.32 Å². The number of thiol groups is 1. The van der Waals surface area contributed by atoms with Crippen molar-refractivity contribution in [3.63, 3.8) is 0 Å². The van der Waals surface area contributed by atoms with Crippen LogP contribution in [0, 0.1) is 0 Å². The first-order valence-electron chi connectivity index (χ1n) is 4.23. The Bertz CT molecular complexity index is 274. The fraction of sp³-hybridized carbons (Fsp3) is 0.857. The van der Waals surface area contributed by atoms with Gasteiger partial charge in [-0.3, -0.25) is 4.18 Å².